The molecule has 0 aliphatic carbocycles. The molecule has 0 aliphatic rings. The van der Waals surface area contributed by atoms with Gasteiger partial charge in [0.25, 0.3) is 0 Å². The number of fused-ring (bicyclic) bond motifs is 1. The Hall–Kier alpha value is -1.04. The van der Waals surface area contributed by atoms with Crippen LogP contribution in [0, 0.1) is 0 Å². The third-order valence-electron chi connectivity index (χ3n) is 2.99. The predicted molar refractivity (Wildman–Crippen MR) is 83.3 cm³/mol. The summed E-state index contributed by atoms with van der Waals surface area (Å²) in [6.07, 6.45) is 0. The molecule has 0 fully saturated rings. The summed E-state index contributed by atoms with van der Waals surface area (Å²) in [5, 5.41) is 8.47. The minimum absolute atomic E-state index is 0.496. The number of aromatic amines is 1. The molecule has 0 aliphatic heterocycles. The molecule has 1 aromatic carbocycles. The number of aromatic nitrogens is 2. The van der Waals surface area contributed by atoms with E-state index in [0.29, 0.717) is 17.4 Å². The van der Waals surface area contributed by atoms with Crippen LogP contribution in [0.5, 0.6) is 0 Å². The number of halogens is 1. The fourth-order valence-corrected chi connectivity index (χ4v) is 2.90. The van der Waals surface area contributed by atoms with Crippen LogP contribution in [0.15, 0.2) is 12.1 Å². The second kappa shape index (κ2) is 5.52. The zero-order valence-corrected chi connectivity index (χ0v) is 13.3. The van der Waals surface area contributed by atoms with Crippen molar-refractivity contribution in [2.24, 2.45) is 0 Å². The summed E-state index contributed by atoms with van der Waals surface area (Å²) in [5.41, 5.74) is 7.71. The number of rotatable bonds is 5. The normalized spacial score (nSPS) is 12.2. The molecule has 0 unspecified atom stereocenters. The molecule has 2 aromatic rings. The Morgan fingerprint density at radius 2 is 2.11 bits per heavy atom. The number of ether oxygens (including phenoxy) is 1. The zero-order chi connectivity index (χ0) is 14.0. The number of hydrogen-bond donors (Lipinski definition) is 2. The number of nitrogens with zero attached hydrogens (tertiary/aromatic N) is 1. The van der Waals surface area contributed by atoms with Gasteiger partial charge in [-0.25, -0.2) is 0 Å². The first-order valence-electron chi connectivity index (χ1n) is 6.36. The molecule has 0 atom stereocenters. The van der Waals surface area contributed by atoms with Gasteiger partial charge in [-0.1, -0.05) is 31.2 Å². The van der Waals surface area contributed by atoms with Gasteiger partial charge >= 0.3 is 0 Å². The number of nitrogens with two attached hydrogens (primary N) is 1. The van der Waals surface area contributed by atoms with Crippen molar-refractivity contribution in [3.05, 3.63) is 22.7 Å². The average Bonchev–Trinajstić information content (AvgIpc) is 2.65. The molecule has 6 heteroatoms. The quantitative estimate of drug-likeness (QED) is 0.654. The lowest BCUT2D eigenvalue weighted by atomic mass is 10.1. The highest BCUT2D eigenvalue weighted by molar-refractivity contribution is 6.76. The molecule has 19 heavy (non-hydrogen) atoms. The van der Waals surface area contributed by atoms with Crippen molar-refractivity contribution in [2.75, 3.05) is 12.3 Å². The van der Waals surface area contributed by atoms with Crippen molar-refractivity contribution in [1.29, 1.82) is 0 Å². The van der Waals surface area contributed by atoms with Crippen LogP contribution in [0.2, 0.25) is 30.7 Å². The molecule has 1 aromatic heterocycles. The number of nitrogens with one attached hydrogen (secondary N) is 1. The van der Waals surface area contributed by atoms with Crippen molar-refractivity contribution in [2.45, 2.75) is 32.3 Å². The van der Waals surface area contributed by atoms with Gasteiger partial charge in [-0.15, -0.1) is 0 Å². The zero-order valence-electron chi connectivity index (χ0n) is 11.6. The number of nitrogen functional groups attached to an aromatic ring is 1. The summed E-state index contributed by atoms with van der Waals surface area (Å²) in [4.78, 5) is 0. The SMILES string of the molecule is C[Si](C)(C)CCOCc1cc(Cl)cc2[nH]nc(N)c12. The van der Waals surface area contributed by atoms with Crippen molar-refractivity contribution in [1.82, 2.24) is 10.2 Å². The van der Waals surface area contributed by atoms with Crippen molar-refractivity contribution >= 4 is 36.4 Å². The lowest BCUT2D eigenvalue weighted by Crippen LogP contribution is -2.21. The molecule has 0 amide bonds. The van der Waals surface area contributed by atoms with Crippen molar-refractivity contribution in [3.63, 3.8) is 0 Å². The highest BCUT2D eigenvalue weighted by atomic mass is 35.5. The number of hydrogen-bond acceptors (Lipinski definition) is 3. The monoisotopic (exact) mass is 297 g/mol. The molecule has 0 radical (unpaired) electrons. The number of anilines is 1. The lowest BCUT2D eigenvalue weighted by Gasteiger charge is -2.15. The minimum atomic E-state index is -1.05. The van der Waals surface area contributed by atoms with E-state index in [-0.39, 0.29) is 0 Å². The highest BCUT2D eigenvalue weighted by Crippen LogP contribution is 2.27. The molecular formula is C13H20ClN3OSi. The molecule has 3 N–H and O–H groups in total. The van der Waals surface area contributed by atoms with Gasteiger partial charge in [0.1, 0.15) is 0 Å². The molecule has 2 rings (SSSR count). The third-order valence-corrected chi connectivity index (χ3v) is 4.91. The maximum absolute atomic E-state index is 6.08. The summed E-state index contributed by atoms with van der Waals surface area (Å²) >= 11 is 6.08. The molecular weight excluding hydrogens is 278 g/mol. The Kier molecular flexibility index (Phi) is 4.18. The Morgan fingerprint density at radius 3 is 2.79 bits per heavy atom. The Bertz CT molecular complexity index is 577. The summed E-state index contributed by atoms with van der Waals surface area (Å²) in [7, 11) is -1.05. The van der Waals surface area contributed by atoms with Crippen LogP contribution in [-0.4, -0.2) is 24.9 Å². The Labute approximate surface area is 119 Å². The lowest BCUT2D eigenvalue weighted by molar-refractivity contribution is 0.134. The second-order valence-corrected chi connectivity index (χ2v) is 12.0. The second-order valence-electron chi connectivity index (χ2n) is 5.96. The molecule has 0 saturated heterocycles. The standard InChI is InChI=1S/C13H20ClN3OSi/c1-19(2,3)5-4-18-8-9-6-10(14)7-11-12(9)13(15)17-16-11/h6-7H,4-5,8H2,1-3H3,(H3,15,16,17). The largest absolute Gasteiger partial charge is 0.382 e. The predicted octanol–water partition coefficient (Wildman–Crippen LogP) is 3.65. The van der Waals surface area contributed by atoms with Crippen molar-refractivity contribution < 1.29 is 4.74 Å². The van der Waals surface area contributed by atoms with Crippen LogP contribution in [-0.2, 0) is 11.3 Å². The fraction of sp³-hybridized carbons (Fsp3) is 0.462. The van der Waals surface area contributed by atoms with Crippen LogP contribution in [0.1, 0.15) is 5.56 Å². The molecule has 1 heterocycles. The molecule has 104 valence electrons. The van der Waals surface area contributed by atoms with Gasteiger partial charge in [0, 0.05) is 25.1 Å². The molecule has 4 nitrogen and oxygen atoms in total. The van der Waals surface area contributed by atoms with E-state index in [2.05, 4.69) is 29.8 Å². The number of benzene rings is 1. The molecule has 0 bridgehead atoms. The van der Waals surface area contributed by atoms with Crippen LogP contribution in [0.4, 0.5) is 5.82 Å². The van der Waals surface area contributed by atoms with E-state index in [1.54, 1.807) is 0 Å². The van der Waals surface area contributed by atoms with E-state index in [1.807, 2.05) is 12.1 Å². The van der Waals surface area contributed by atoms with Gasteiger partial charge in [0.2, 0.25) is 0 Å². The van der Waals surface area contributed by atoms with E-state index in [0.717, 1.165) is 29.1 Å². The summed E-state index contributed by atoms with van der Waals surface area (Å²) in [6.45, 7) is 8.30. The minimum Gasteiger partial charge on any atom is -0.382 e. The number of H-pyrrole nitrogens is 1. The molecule has 0 saturated carbocycles. The smallest absolute Gasteiger partial charge is 0.153 e. The fourth-order valence-electron chi connectivity index (χ4n) is 1.90. The van der Waals surface area contributed by atoms with Gasteiger partial charge < -0.3 is 10.5 Å². The Balaban J connectivity index is 2.10. The van der Waals surface area contributed by atoms with Gasteiger partial charge in [-0.3, -0.25) is 5.10 Å². The summed E-state index contributed by atoms with van der Waals surface area (Å²) in [6, 6.07) is 4.87. The Morgan fingerprint density at radius 1 is 1.37 bits per heavy atom. The van der Waals surface area contributed by atoms with E-state index in [1.165, 1.54) is 0 Å². The summed E-state index contributed by atoms with van der Waals surface area (Å²) < 4.78 is 5.76. The van der Waals surface area contributed by atoms with Crippen LogP contribution in [0.3, 0.4) is 0 Å². The van der Waals surface area contributed by atoms with Gasteiger partial charge in [0.15, 0.2) is 5.82 Å². The maximum Gasteiger partial charge on any atom is 0.153 e. The topological polar surface area (TPSA) is 63.9 Å². The molecule has 0 spiro atoms. The van der Waals surface area contributed by atoms with Gasteiger partial charge in [-0.2, -0.15) is 5.10 Å². The van der Waals surface area contributed by atoms with Crippen LogP contribution >= 0.6 is 11.6 Å². The third kappa shape index (κ3) is 3.71. The van der Waals surface area contributed by atoms with Gasteiger partial charge in [-0.05, 0) is 23.7 Å². The highest BCUT2D eigenvalue weighted by Gasteiger charge is 2.13. The first kappa shape index (κ1) is 14.4. The van der Waals surface area contributed by atoms with E-state index in [4.69, 9.17) is 22.1 Å². The first-order chi connectivity index (χ1) is 8.87. The van der Waals surface area contributed by atoms with Gasteiger partial charge in [0.05, 0.1) is 12.1 Å². The van der Waals surface area contributed by atoms with Crippen LogP contribution < -0.4 is 5.73 Å². The first-order valence-corrected chi connectivity index (χ1v) is 10.4. The maximum atomic E-state index is 6.08. The van der Waals surface area contributed by atoms with Crippen LogP contribution in [0.25, 0.3) is 10.9 Å². The summed E-state index contributed by atoms with van der Waals surface area (Å²) in [5.74, 6) is 0.496. The van der Waals surface area contributed by atoms with E-state index >= 15 is 0 Å². The van der Waals surface area contributed by atoms with Crippen molar-refractivity contribution in [3.8, 4) is 0 Å². The van der Waals surface area contributed by atoms with E-state index < -0.39 is 8.07 Å². The average molecular weight is 298 g/mol. The van der Waals surface area contributed by atoms with E-state index in [9.17, 15) is 0 Å².